The molecule has 2 aromatic carbocycles. The normalized spacial score (nSPS) is 23.9. The first kappa shape index (κ1) is 28.7. The summed E-state index contributed by atoms with van der Waals surface area (Å²) in [5.74, 6) is 1.02. The summed E-state index contributed by atoms with van der Waals surface area (Å²) >= 11 is 0. The van der Waals surface area contributed by atoms with Crippen LogP contribution in [0.4, 0.5) is 0 Å². The summed E-state index contributed by atoms with van der Waals surface area (Å²) in [4.78, 5) is 21.2. The van der Waals surface area contributed by atoms with Crippen LogP contribution in [0.3, 0.4) is 0 Å². The minimum Gasteiger partial charge on any atom is -0.491 e. The molecule has 0 aliphatic carbocycles. The average Bonchev–Trinajstić information content (AvgIpc) is 3.52. The maximum absolute atomic E-state index is 13.9. The molecule has 6 rings (SSSR count). The smallest absolute Gasteiger partial charge is 0.254 e. The summed E-state index contributed by atoms with van der Waals surface area (Å²) in [6, 6.07) is 15.8. The molecule has 0 spiro atoms. The summed E-state index contributed by atoms with van der Waals surface area (Å²) in [7, 11) is 0. The number of piperidine rings is 1. The van der Waals surface area contributed by atoms with Gasteiger partial charge in [-0.2, -0.15) is 0 Å². The van der Waals surface area contributed by atoms with Gasteiger partial charge in [0.05, 0.1) is 13.2 Å². The molecule has 0 N–H and O–H groups in total. The standard InChI is InChI=1S/C34H47N3O4/c38-34(37-15-2-1-8-32(37)26-35-13-3-4-14-35)29-9-10-33-30(24-29)23-27-6-5-7-28(22-27)25-36(16-19-40-20-21-41-33)31-11-17-39-18-12-31/h5-7,9-10,22,24,31-32H,1-4,8,11-21,23,25-26H2. The van der Waals surface area contributed by atoms with Gasteiger partial charge in [0, 0.05) is 63.5 Å². The lowest BCUT2D eigenvalue weighted by Gasteiger charge is -2.38. The summed E-state index contributed by atoms with van der Waals surface area (Å²) in [6.07, 6.45) is 8.86. The van der Waals surface area contributed by atoms with Crippen molar-refractivity contribution in [3.05, 3.63) is 64.7 Å². The Kier molecular flexibility index (Phi) is 9.89. The largest absolute Gasteiger partial charge is 0.491 e. The molecule has 41 heavy (non-hydrogen) atoms. The zero-order chi connectivity index (χ0) is 27.9. The molecule has 2 bridgehead atoms. The summed E-state index contributed by atoms with van der Waals surface area (Å²) in [6.45, 7) is 9.45. The van der Waals surface area contributed by atoms with Gasteiger partial charge in [0.15, 0.2) is 0 Å². The number of rotatable bonds is 4. The van der Waals surface area contributed by atoms with Gasteiger partial charge in [0.1, 0.15) is 12.4 Å². The Hall–Kier alpha value is -2.45. The Labute approximate surface area is 245 Å². The lowest BCUT2D eigenvalue weighted by atomic mass is 9.97. The number of nitrogens with zero attached hydrogens (tertiary/aromatic N) is 3. The highest BCUT2D eigenvalue weighted by Gasteiger charge is 2.30. The van der Waals surface area contributed by atoms with Crippen molar-refractivity contribution in [2.45, 2.75) is 70.0 Å². The minimum atomic E-state index is 0.167. The Morgan fingerprint density at radius 2 is 1.59 bits per heavy atom. The van der Waals surface area contributed by atoms with Crippen LogP contribution in [0.2, 0.25) is 0 Å². The molecule has 4 heterocycles. The number of carbonyl (C=O) groups is 1. The van der Waals surface area contributed by atoms with Gasteiger partial charge in [-0.05, 0) is 92.9 Å². The molecule has 7 nitrogen and oxygen atoms in total. The van der Waals surface area contributed by atoms with E-state index in [0.717, 1.165) is 88.4 Å². The van der Waals surface area contributed by atoms with Crippen LogP contribution in [0.25, 0.3) is 0 Å². The van der Waals surface area contributed by atoms with Crippen molar-refractivity contribution in [2.24, 2.45) is 0 Å². The number of ether oxygens (including phenoxy) is 3. The predicted octanol–water partition coefficient (Wildman–Crippen LogP) is 4.76. The molecule has 3 fully saturated rings. The van der Waals surface area contributed by atoms with E-state index in [1.807, 2.05) is 12.1 Å². The fourth-order valence-electron chi connectivity index (χ4n) is 7.11. The third kappa shape index (κ3) is 7.50. The minimum absolute atomic E-state index is 0.167. The Morgan fingerprint density at radius 3 is 2.46 bits per heavy atom. The van der Waals surface area contributed by atoms with E-state index < -0.39 is 0 Å². The third-order valence-electron chi connectivity index (χ3n) is 9.35. The van der Waals surface area contributed by atoms with Gasteiger partial charge in [-0.1, -0.05) is 24.3 Å². The maximum atomic E-state index is 13.9. The molecule has 2 aromatic rings. The number of carbonyl (C=O) groups excluding carboxylic acids is 1. The average molecular weight is 562 g/mol. The van der Waals surface area contributed by atoms with E-state index in [-0.39, 0.29) is 5.91 Å². The summed E-state index contributed by atoms with van der Waals surface area (Å²) in [5, 5.41) is 0. The molecule has 0 saturated carbocycles. The SMILES string of the molecule is O=C(c1ccc2c(c1)Cc1cccc(c1)CN(C1CCOCC1)CCOCCO2)N1CCCCC1CN1CCCC1. The first-order valence-electron chi connectivity index (χ1n) is 16.0. The molecular formula is C34H47N3O4. The highest BCUT2D eigenvalue weighted by atomic mass is 16.5. The summed E-state index contributed by atoms with van der Waals surface area (Å²) in [5.41, 5.74) is 4.42. The number of hydrogen-bond donors (Lipinski definition) is 0. The highest BCUT2D eigenvalue weighted by molar-refractivity contribution is 5.95. The van der Waals surface area contributed by atoms with E-state index >= 15 is 0 Å². The van der Waals surface area contributed by atoms with Crippen LogP contribution in [-0.4, -0.2) is 98.4 Å². The monoisotopic (exact) mass is 561 g/mol. The van der Waals surface area contributed by atoms with Gasteiger partial charge in [0.25, 0.3) is 5.91 Å². The second-order valence-electron chi connectivity index (χ2n) is 12.2. The fraction of sp³-hybridized carbons (Fsp3) is 0.618. The predicted molar refractivity (Wildman–Crippen MR) is 161 cm³/mol. The van der Waals surface area contributed by atoms with E-state index in [1.165, 1.54) is 43.5 Å². The van der Waals surface area contributed by atoms with Gasteiger partial charge >= 0.3 is 0 Å². The summed E-state index contributed by atoms with van der Waals surface area (Å²) < 4.78 is 17.9. The van der Waals surface area contributed by atoms with E-state index in [4.69, 9.17) is 14.2 Å². The van der Waals surface area contributed by atoms with Crippen LogP contribution in [-0.2, 0) is 22.4 Å². The van der Waals surface area contributed by atoms with Crippen LogP contribution in [0, 0.1) is 0 Å². The third-order valence-corrected chi connectivity index (χ3v) is 9.35. The fourth-order valence-corrected chi connectivity index (χ4v) is 7.11. The number of benzene rings is 2. The molecular weight excluding hydrogens is 514 g/mol. The number of hydrogen-bond acceptors (Lipinski definition) is 6. The van der Waals surface area contributed by atoms with E-state index in [9.17, 15) is 4.79 Å². The van der Waals surface area contributed by atoms with Crippen molar-refractivity contribution in [2.75, 3.05) is 65.8 Å². The van der Waals surface area contributed by atoms with Gasteiger partial charge < -0.3 is 24.0 Å². The Morgan fingerprint density at radius 1 is 0.780 bits per heavy atom. The molecule has 222 valence electrons. The Balaban J connectivity index is 1.22. The van der Waals surface area contributed by atoms with E-state index in [0.29, 0.717) is 31.9 Å². The molecule has 0 radical (unpaired) electrons. The molecule has 4 aliphatic heterocycles. The second-order valence-corrected chi connectivity index (χ2v) is 12.2. The maximum Gasteiger partial charge on any atom is 0.254 e. The van der Waals surface area contributed by atoms with Crippen LogP contribution >= 0.6 is 0 Å². The van der Waals surface area contributed by atoms with Crippen molar-refractivity contribution in [1.82, 2.24) is 14.7 Å². The van der Waals surface area contributed by atoms with Crippen molar-refractivity contribution in [1.29, 1.82) is 0 Å². The first-order valence-corrected chi connectivity index (χ1v) is 16.0. The molecule has 1 atom stereocenters. The molecule has 1 unspecified atom stereocenters. The quantitative estimate of drug-likeness (QED) is 0.537. The molecule has 0 aromatic heterocycles. The lowest BCUT2D eigenvalue weighted by Crippen LogP contribution is -2.49. The van der Waals surface area contributed by atoms with E-state index in [1.54, 1.807) is 0 Å². The first-order chi connectivity index (χ1) is 20.2. The number of fused-ring (bicyclic) bond motifs is 3. The molecule has 4 aliphatic rings. The van der Waals surface area contributed by atoms with Crippen LogP contribution in [0.1, 0.15) is 72.0 Å². The van der Waals surface area contributed by atoms with Crippen LogP contribution in [0.5, 0.6) is 5.75 Å². The van der Waals surface area contributed by atoms with Crippen molar-refractivity contribution >= 4 is 5.91 Å². The lowest BCUT2D eigenvalue weighted by molar-refractivity contribution is 0.0133. The van der Waals surface area contributed by atoms with Gasteiger partial charge in [-0.25, -0.2) is 0 Å². The van der Waals surface area contributed by atoms with E-state index in [2.05, 4.69) is 45.0 Å². The van der Waals surface area contributed by atoms with Crippen LogP contribution < -0.4 is 4.74 Å². The highest BCUT2D eigenvalue weighted by Crippen LogP contribution is 2.28. The molecule has 3 saturated heterocycles. The van der Waals surface area contributed by atoms with Gasteiger partial charge in [-0.3, -0.25) is 9.69 Å². The zero-order valence-corrected chi connectivity index (χ0v) is 24.6. The number of likely N-dealkylation sites (tertiary alicyclic amines) is 2. The molecule has 7 heteroatoms. The van der Waals surface area contributed by atoms with Gasteiger partial charge in [-0.15, -0.1) is 0 Å². The zero-order valence-electron chi connectivity index (χ0n) is 24.6. The van der Waals surface area contributed by atoms with Crippen molar-refractivity contribution in [3.8, 4) is 5.75 Å². The van der Waals surface area contributed by atoms with Crippen molar-refractivity contribution in [3.63, 3.8) is 0 Å². The molecule has 1 amide bonds. The second kappa shape index (κ2) is 14.1. The van der Waals surface area contributed by atoms with Crippen molar-refractivity contribution < 1.29 is 19.0 Å². The topological polar surface area (TPSA) is 54.5 Å². The number of amides is 1. The van der Waals surface area contributed by atoms with Crippen LogP contribution in [0.15, 0.2) is 42.5 Å². The van der Waals surface area contributed by atoms with Gasteiger partial charge in [0.2, 0.25) is 0 Å². The Bertz CT molecular complexity index is 1140.